The van der Waals surface area contributed by atoms with Crippen LogP contribution in [0.5, 0.6) is 0 Å². The zero-order valence-electron chi connectivity index (χ0n) is 11.9. The largest absolute Gasteiger partial charge is 0.481 e. The Morgan fingerprint density at radius 1 is 0.727 bits per heavy atom. The maximum atomic E-state index is 9.70. The van der Waals surface area contributed by atoms with Crippen LogP contribution in [0.2, 0.25) is 0 Å². The number of carboxylic acids is 4. The lowest BCUT2D eigenvalue weighted by molar-refractivity contribution is -0.143. The van der Waals surface area contributed by atoms with E-state index in [0.717, 1.165) is 0 Å². The van der Waals surface area contributed by atoms with Crippen molar-refractivity contribution in [1.29, 1.82) is 0 Å². The fraction of sp³-hybridized carbons (Fsp3) is 0.583. The molecule has 0 aliphatic carbocycles. The van der Waals surface area contributed by atoms with E-state index in [9.17, 15) is 24.0 Å². The molecule has 0 spiro atoms. The van der Waals surface area contributed by atoms with Gasteiger partial charge in [0.1, 0.15) is 6.29 Å². The SMILES string of the molecule is NCCCC(=O)O.O=C(O)CCC(=O)O.O=CCCC(=O)O. The van der Waals surface area contributed by atoms with E-state index in [1.807, 2.05) is 0 Å². The second-order valence-corrected chi connectivity index (χ2v) is 3.67. The smallest absolute Gasteiger partial charge is 0.303 e. The highest BCUT2D eigenvalue weighted by Gasteiger charge is 2.00. The van der Waals surface area contributed by atoms with Gasteiger partial charge in [-0.05, 0) is 13.0 Å². The van der Waals surface area contributed by atoms with E-state index < -0.39 is 23.9 Å². The molecule has 10 nitrogen and oxygen atoms in total. The van der Waals surface area contributed by atoms with Crippen LogP contribution in [0.3, 0.4) is 0 Å². The van der Waals surface area contributed by atoms with Crippen molar-refractivity contribution in [1.82, 2.24) is 0 Å². The summed E-state index contributed by atoms with van der Waals surface area (Å²) in [5.41, 5.74) is 5.01. The molecule has 0 atom stereocenters. The minimum atomic E-state index is -1.08. The van der Waals surface area contributed by atoms with Crippen molar-refractivity contribution < 1.29 is 44.4 Å². The lowest BCUT2D eigenvalue weighted by Crippen LogP contribution is -2.02. The maximum Gasteiger partial charge on any atom is 0.303 e. The molecule has 0 aliphatic rings. The Kier molecular flexibility index (Phi) is 20.6. The van der Waals surface area contributed by atoms with Crippen LogP contribution in [-0.4, -0.2) is 57.1 Å². The van der Waals surface area contributed by atoms with Crippen molar-refractivity contribution in [3.63, 3.8) is 0 Å². The van der Waals surface area contributed by atoms with Gasteiger partial charge in [0, 0.05) is 12.8 Å². The summed E-state index contributed by atoms with van der Waals surface area (Å²) < 4.78 is 0. The molecule has 6 N–H and O–H groups in total. The Morgan fingerprint density at radius 2 is 1.09 bits per heavy atom. The second kappa shape index (κ2) is 18.5. The third kappa shape index (κ3) is 43.2. The minimum absolute atomic E-state index is 0.0521. The molecule has 0 heterocycles. The van der Waals surface area contributed by atoms with Gasteiger partial charge in [-0.2, -0.15) is 0 Å². The Balaban J connectivity index is -0.000000247. The molecule has 0 rings (SSSR count). The molecule has 0 bridgehead atoms. The number of hydrogen-bond acceptors (Lipinski definition) is 6. The summed E-state index contributed by atoms with van der Waals surface area (Å²) >= 11 is 0. The van der Waals surface area contributed by atoms with Gasteiger partial charge in [0.2, 0.25) is 0 Å². The fourth-order valence-electron chi connectivity index (χ4n) is 0.650. The van der Waals surface area contributed by atoms with Gasteiger partial charge in [0.25, 0.3) is 0 Å². The van der Waals surface area contributed by atoms with Crippen LogP contribution in [-0.2, 0) is 24.0 Å². The molecule has 0 unspecified atom stereocenters. The van der Waals surface area contributed by atoms with Gasteiger partial charge in [0.05, 0.1) is 19.3 Å². The van der Waals surface area contributed by atoms with E-state index in [4.69, 9.17) is 26.2 Å². The molecule has 0 fully saturated rings. The van der Waals surface area contributed by atoms with Crippen molar-refractivity contribution >= 4 is 30.2 Å². The van der Waals surface area contributed by atoms with Crippen molar-refractivity contribution in [2.75, 3.05) is 6.54 Å². The van der Waals surface area contributed by atoms with Gasteiger partial charge in [-0.3, -0.25) is 19.2 Å². The van der Waals surface area contributed by atoms with Gasteiger partial charge >= 0.3 is 23.9 Å². The first-order valence-electron chi connectivity index (χ1n) is 6.18. The highest BCUT2D eigenvalue weighted by molar-refractivity contribution is 5.75. The molecule has 0 saturated carbocycles. The average molecular weight is 323 g/mol. The molecule has 0 amide bonds. The van der Waals surface area contributed by atoms with Crippen LogP contribution in [0, 0.1) is 0 Å². The predicted octanol–water partition coefficient (Wildman–Crippen LogP) is -0.204. The van der Waals surface area contributed by atoms with E-state index in [1.54, 1.807) is 0 Å². The van der Waals surface area contributed by atoms with Crippen LogP contribution < -0.4 is 5.73 Å². The first-order chi connectivity index (χ1) is 10.2. The maximum absolute atomic E-state index is 9.70. The number of hydrogen-bond donors (Lipinski definition) is 5. The molecule has 0 radical (unpaired) electrons. The molecule has 0 aromatic heterocycles. The molecule has 0 aromatic carbocycles. The molecule has 0 saturated heterocycles. The zero-order chi connectivity index (χ0) is 18.0. The van der Waals surface area contributed by atoms with Gasteiger partial charge < -0.3 is 31.0 Å². The zero-order valence-corrected chi connectivity index (χ0v) is 11.9. The summed E-state index contributed by atoms with van der Waals surface area (Å²) in [5, 5.41) is 31.7. The number of aldehydes is 1. The van der Waals surface area contributed by atoms with Gasteiger partial charge in [0.15, 0.2) is 0 Å². The van der Waals surface area contributed by atoms with Gasteiger partial charge in [-0.25, -0.2) is 0 Å². The first-order valence-corrected chi connectivity index (χ1v) is 6.18. The highest BCUT2D eigenvalue weighted by atomic mass is 16.4. The average Bonchev–Trinajstić information content (AvgIpc) is 2.42. The topological polar surface area (TPSA) is 192 Å². The minimum Gasteiger partial charge on any atom is -0.481 e. The number of aliphatic carboxylic acids is 4. The Bertz CT molecular complexity index is 341. The second-order valence-electron chi connectivity index (χ2n) is 3.67. The van der Waals surface area contributed by atoms with Crippen LogP contribution in [0.15, 0.2) is 0 Å². The van der Waals surface area contributed by atoms with Crippen molar-refractivity contribution in [2.45, 2.75) is 38.5 Å². The number of carbonyl (C=O) groups excluding carboxylic acids is 1. The predicted molar refractivity (Wildman–Crippen MR) is 73.4 cm³/mol. The van der Waals surface area contributed by atoms with E-state index in [1.165, 1.54) is 0 Å². The van der Waals surface area contributed by atoms with Crippen LogP contribution in [0.1, 0.15) is 38.5 Å². The summed E-state index contributed by atoms with van der Waals surface area (Å²) in [6, 6.07) is 0. The van der Waals surface area contributed by atoms with Crippen LogP contribution in [0.4, 0.5) is 0 Å². The highest BCUT2D eigenvalue weighted by Crippen LogP contribution is 1.86. The Morgan fingerprint density at radius 3 is 1.23 bits per heavy atom. The molecule has 128 valence electrons. The van der Waals surface area contributed by atoms with Crippen LogP contribution >= 0.6 is 0 Å². The summed E-state index contributed by atoms with van der Waals surface area (Å²) in [6.45, 7) is 0.465. The number of nitrogens with two attached hydrogens (primary N) is 1. The monoisotopic (exact) mass is 323 g/mol. The fourth-order valence-corrected chi connectivity index (χ4v) is 0.650. The standard InChI is InChI=1S/C4H9NO2.C4H6O4.C4H6O3/c5-3-1-2-4(6)7;5-3(6)1-2-4(7)8;5-3-1-2-4(6)7/h1-3,5H2,(H,6,7);1-2H2,(H,5,6)(H,7,8);3H,1-2H2,(H,6,7). The molecule has 0 aliphatic heterocycles. The van der Waals surface area contributed by atoms with Crippen molar-refractivity contribution in [2.24, 2.45) is 5.73 Å². The molecule has 22 heavy (non-hydrogen) atoms. The van der Waals surface area contributed by atoms with Crippen LogP contribution in [0.25, 0.3) is 0 Å². The van der Waals surface area contributed by atoms with E-state index in [0.29, 0.717) is 19.3 Å². The quantitative estimate of drug-likeness (QED) is 0.354. The van der Waals surface area contributed by atoms with E-state index in [-0.39, 0.29) is 32.1 Å². The first kappa shape index (κ1) is 24.5. The lowest BCUT2D eigenvalue weighted by atomic mass is 10.3. The summed E-state index contributed by atoms with van der Waals surface area (Å²) in [6.07, 6.45) is 0.837. The Labute approximate surface area is 126 Å². The number of carbonyl (C=O) groups is 5. The molecular weight excluding hydrogens is 302 g/mol. The molecular formula is C12H21NO9. The Hall–Kier alpha value is -2.49. The third-order valence-corrected chi connectivity index (χ3v) is 1.62. The van der Waals surface area contributed by atoms with Gasteiger partial charge in [-0.1, -0.05) is 0 Å². The third-order valence-electron chi connectivity index (χ3n) is 1.62. The number of carboxylic acid groups (broad SMARTS) is 4. The van der Waals surface area contributed by atoms with Crippen molar-refractivity contribution in [3.8, 4) is 0 Å². The summed E-state index contributed by atoms with van der Waals surface area (Å²) in [4.78, 5) is 48.0. The molecule has 0 aromatic rings. The van der Waals surface area contributed by atoms with E-state index >= 15 is 0 Å². The normalized spacial score (nSPS) is 8.41. The number of rotatable bonds is 9. The van der Waals surface area contributed by atoms with Crippen molar-refractivity contribution in [3.05, 3.63) is 0 Å². The summed E-state index contributed by atoms with van der Waals surface area (Å²) in [5.74, 6) is -3.85. The van der Waals surface area contributed by atoms with Gasteiger partial charge in [-0.15, -0.1) is 0 Å². The summed E-state index contributed by atoms with van der Waals surface area (Å²) in [7, 11) is 0. The molecule has 10 heteroatoms. The lowest BCUT2D eigenvalue weighted by Gasteiger charge is -1.86. The van der Waals surface area contributed by atoms with E-state index in [2.05, 4.69) is 0 Å².